The fourth-order valence-electron chi connectivity index (χ4n) is 4.61. The van der Waals surface area contributed by atoms with Gasteiger partial charge in [0, 0.05) is 24.3 Å². The normalized spacial score (nSPS) is 14.7. The second-order valence-corrected chi connectivity index (χ2v) is 9.11. The van der Waals surface area contributed by atoms with Crippen molar-refractivity contribution in [1.29, 1.82) is 0 Å². The van der Waals surface area contributed by atoms with E-state index >= 15 is 0 Å². The molecule has 0 spiro atoms. The summed E-state index contributed by atoms with van der Waals surface area (Å²) >= 11 is 0. The van der Waals surface area contributed by atoms with Crippen molar-refractivity contribution < 1.29 is 86.1 Å². The van der Waals surface area contributed by atoms with Gasteiger partial charge in [0.15, 0.2) is 46.0 Å². The van der Waals surface area contributed by atoms with E-state index in [0.29, 0.717) is 69.0 Å². The van der Waals surface area contributed by atoms with Crippen LogP contribution in [-0.2, 0) is 0 Å². The smallest absolute Gasteiger partial charge is 0.611 e. The zero-order valence-electron chi connectivity index (χ0n) is 22.2. The van der Waals surface area contributed by atoms with Gasteiger partial charge in [0.05, 0.1) is 23.0 Å². The van der Waals surface area contributed by atoms with Crippen LogP contribution in [0.1, 0.15) is 0 Å². The molecule has 12 nitrogen and oxygen atoms in total. The number of fused-ring (bicyclic) bond motifs is 4. The van der Waals surface area contributed by atoms with Crippen LogP contribution in [0.25, 0.3) is 0 Å². The van der Waals surface area contributed by atoms with Crippen LogP contribution in [0.15, 0.2) is 72.8 Å². The number of benzene rings is 4. The number of ether oxygens (including phenoxy) is 8. The van der Waals surface area contributed by atoms with Crippen LogP contribution in [0.4, 0.5) is 0 Å². The van der Waals surface area contributed by atoms with E-state index in [1.165, 1.54) is 0 Å². The van der Waals surface area contributed by atoms with Gasteiger partial charge in [-0.15, -0.1) is 0 Å². The molecule has 0 amide bonds. The number of hydrogen-bond donors (Lipinski definition) is 0. The molecule has 0 aromatic heterocycles. The molecule has 0 bridgehead atoms. The van der Waals surface area contributed by atoms with Gasteiger partial charge >= 0.3 is 36.5 Å². The molecule has 4 aromatic carbocycles. The van der Waals surface area contributed by atoms with Gasteiger partial charge < -0.3 is 56.5 Å². The van der Waals surface area contributed by atoms with Crippen molar-refractivity contribution in [2.24, 2.45) is 0 Å². The van der Waals surface area contributed by atoms with E-state index < -0.39 is 6.96 Å². The minimum atomic E-state index is -3.16. The zero-order valence-corrected chi connectivity index (χ0v) is 24.2. The van der Waals surface area contributed by atoms with Crippen LogP contribution < -0.4 is 86.1 Å². The Morgan fingerprint density at radius 3 is 0.857 bits per heavy atom. The van der Waals surface area contributed by atoms with Crippen molar-refractivity contribution in [3.8, 4) is 69.0 Å². The molecule has 208 valence electrons. The fourth-order valence-corrected chi connectivity index (χ4v) is 4.61. The molecule has 0 aliphatic carbocycles. The molecule has 0 radical (unpaired) electrons. The van der Waals surface area contributed by atoms with Crippen LogP contribution >= 0.6 is 0 Å². The van der Waals surface area contributed by atoms with Gasteiger partial charge in [-0.2, -0.15) is 0 Å². The van der Waals surface area contributed by atoms with Crippen molar-refractivity contribution in [2.75, 3.05) is 27.2 Å². The number of hydrogen-bond acceptors (Lipinski definition) is 12. The van der Waals surface area contributed by atoms with Gasteiger partial charge in [-0.05, 0) is 48.5 Å². The Kier molecular flexibility index (Phi) is 6.77. The first-order valence-corrected chi connectivity index (χ1v) is 12.7. The van der Waals surface area contributed by atoms with Crippen molar-refractivity contribution >= 4 is 6.96 Å². The van der Waals surface area contributed by atoms with Crippen molar-refractivity contribution in [1.82, 2.24) is 0 Å². The van der Waals surface area contributed by atoms with E-state index in [1.807, 2.05) is 0 Å². The predicted octanol–water partition coefficient (Wildman–Crippen LogP) is 1.66. The Morgan fingerprint density at radius 1 is 0.357 bits per heavy atom. The molecule has 0 saturated heterocycles. The first-order valence-electron chi connectivity index (χ1n) is 12.7. The second kappa shape index (κ2) is 10.7. The van der Waals surface area contributed by atoms with E-state index in [2.05, 4.69) is 0 Å². The van der Waals surface area contributed by atoms with E-state index in [9.17, 15) is 0 Å². The van der Waals surface area contributed by atoms with Crippen LogP contribution in [-0.4, -0.2) is 34.1 Å². The van der Waals surface area contributed by atoms with E-state index in [0.717, 1.165) is 0 Å². The molecule has 4 heterocycles. The van der Waals surface area contributed by atoms with Crippen LogP contribution in [0.5, 0.6) is 69.0 Å². The van der Waals surface area contributed by atoms with E-state index in [1.54, 1.807) is 72.8 Å². The third-order valence-corrected chi connectivity index (χ3v) is 6.50. The molecular formula is C28H20BNaO12. The van der Waals surface area contributed by atoms with E-state index in [-0.39, 0.29) is 56.7 Å². The third kappa shape index (κ3) is 5.06. The maximum absolute atomic E-state index is 6.44. The molecule has 14 heteroatoms. The van der Waals surface area contributed by atoms with Gasteiger partial charge in [0.1, 0.15) is 0 Å². The van der Waals surface area contributed by atoms with Gasteiger partial charge in [-0.1, -0.05) is 0 Å². The molecule has 8 rings (SSSR count). The first kappa shape index (κ1) is 26.4. The summed E-state index contributed by atoms with van der Waals surface area (Å²) in [5, 5.41) is 0. The molecule has 0 saturated carbocycles. The molecular weight excluding hydrogens is 562 g/mol. The molecule has 4 aliphatic rings. The SMILES string of the molecule is [Na+].c1cc2c(cc1O[B-](Oc1ccc3c(c1)OCO3)(Oc1ccc3c(c1)OCO3)Oc1ccc3c(c1)OCO3)OCO2. The molecule has 0 atom stereocenters. The van der Waals surface area contributed by atoms with Crippen molar-refractivity contribution in [2.45, 2.75) is 0 Å². The van der Waals surface area contributed by atoms with Gasteiger partial charge in [0.2, 0.25) is 27.2 Å². The Morgan fingerprint density at radius 2 is 0.595 bits per heavy atom. The fraction of sp³-hybridized carbons (Fsp3) is 0.143. The van der Waals surface area contributed by atoms with Gasteiger partial charge in [-0.3, -0.25) is 0 Å². The standard InChI is InChI=1S/C28H20BO12.Na/c1-5-21-25(34-13-30-21)9-17(1)38-29(39-18-2-6-22-26(10-18)35-14-31-22,40-19-3-7-23-27(11-19)36-15-32-23)41-20-4-8-24-28(12-20)37-16-33-24;/h1-12H,13-16H2;/q-1;+1. The largest absolute Gasteiger partial charge is 1.00 e. The van der Waals surface area contributed by atoms with Crippen LogP contribution in [0, 0.1) is 0 Å². The maximum Gasteiger partial charge on any atom is 1.00 e. The molecule has 42 heavy (non-hydrogen) atoms. The Bertz CT molecular complexity index is 1410. The molecule has 0 fully saturated rings. The summed E-state index contributed by atoms with van der Waals surface area (Å²) in [5.41, 5.74) is 0. The van der Waals surface area contributed by atoms with E-state index in [4.69, 9.17) is 56.5 Å². The summed E-state index contributed by atoms with van der Waals surface area (Å²) in [6.07, 6.45) is 0. The molecule has 4 aliphatic heterocycles. The third-order valence-electron chi connectivity index (χ3n) is 6.50. The quantitative estimate of drug-likeness (QED) is 0.282. The van der Waals surface area contributed by atoms with Crippen LogP contribution in [0.3, 0.4) is 0 Å². The summed E-state index contributed by atoms with van der Waals surface area (Å²) in [5.74, 6) is 5.66. The minimum Gasteiger partial charge on any atom is -0.611 e. The Balaban J connectivity index is 0.00000288. The number of rotatable bonds is 8. The summed E-state index contributed by atoms with van der Waals surface area (Å²) in [7, 11) is 0. The maximum atomic E-state index is 6.44. The predicted molar refractivity (Wildman–Crippen MR) is 139 cm³/mol. The second-order valence-electron chi connectivity index (χ2n) is 9.11. The van der Waals surface area contributed by atoms with Gasteiger partial charge in [0.25, 0.3) is 0 Å². The topological polar surface area (TPSA) is 111 Å². The van der Waals surface area contributed by atoms with Gasteiger partial charge in [-0.25, -0.2) is 0 Å². The monoisotopic (exact) mass is 582 g/mol. The zero-order chi connectivity index (χ0) is 27.2. The van der Waals surface area contributed by atoms with Crippen LogP contribution in [0.2, 0.25) is 0 Å². The molecule has 0 unspecified atom stereocenters. The average molecular weight is 582 g/mol. The summed E-state index contributed by atoms with van der Waals surface area (Å²) in [6.45, 7) is -2.75. The van der Waals surface area contributed by atoms with Crippen molar-refractivity contribution in [3.05, 3.63) is 72.8 Å². The summed E-state index contributed by atoms with van der Waals surface area (Å²) in [4.78, 5) is 0. The Hall–Kier alpha value is -4.46. The summed E-state index contributed by atoms with van der Waals surface area (Å²) in [6, 6.07) is 20.3. The molecule has 4 aromatic rings. The minimum absolute atomic E-state index is 0. The summed E-state index contributed by atoms with van der Waals surface area (Å²) < 4.78 is 69.8. The molecule has 0 N–H and O–H groups in total. The average Bonchev–Trinajstić information content (AvgIpc) is 3.79. The first-order chi connectivity index (χ1) is 20.2. The van der Waals surface area contributed by atoms with Crippen molar-refractivity contribution in [3.63, 3.8) is 0 Å². The Labute approximate surface area is 261 Å².